The molecule has 0 amide bonds. The van der Waals surface area contributed by atoms with Crippen molar-refractivity contribution in [2.45, 2.75) is 0 Å². The van der Waals surface area contributed by atoms with Gasteiger partial charge in [0.25, 0.3) is 0 Å². The minimum Gasteiger partial charge on any atom is -0.398 e. The van der Waals surface area contributed by atoms with Crippen molar-refractivity contribution in [2.75, 3.05) is 5.73 Å². The van der Waals surface area contributed by atoms with Crippen molar-refractivity contribution in [2.24, 2.45) is 0 Å². The third-order valence-corrected chi connectivity index (χ3v) is 3.17. The third-order valence-electron chi connectivity index (χ3n) is 2.70. The third kappa shape index (κ3) is 1.95. The molecule has 2 N–H and O–H groups in total. The molecular formula is C12H7BrF2N4. The van der Waals surface area contributed by atoms with Crippen LogP contribution in [0.1, 0.15) is 0 Å². The smallest absolute Gasteiger partial charge is 0.170 e. The number of nitrogen functional groups attached to an aromatic ring is 1. The molecule has 2 heterocycles. The van der Waals surface area contributed by atoms with Crippen LogP contribution in [0, 0.1) is 11.6 Å². The van der Waals surface area contributed by atoms with Gasteiger partial charge in [-0.3, -0.25) is 4.40 Å². The lowest BCUT2D eigenvalue weighted by molar-refractivity contribution is 0.509. The van der Waals surface area contributed by atoms with E-state index in [2.05, 4.69) is 26.1 Å². The number of anilines is 1. The quantitative estimate of drug-likeness (QED) is 0.700. The van der Waals surface area contributed by atoms with Crippen molar-refractivity contribution in [3.05, 3.63) is 46.6 Å². The van der Waals surface area contributed by atoms with Crippen LogP contribution in [0.2, 0.25) is 0 Å². The number of pyridine rings is 1. The highest BCUT2D eigenvalue weighted by molar-refractivity contribution is 9.10. The van der Waals surface area contributed by atoms with Gasteiger partial charge in [-0.15, -0.1) is 10.2 Å². The van der Waals surface area contributed by atoms with Crippen molar-refractivity contribution in [3.63, 3.8) is 0 Å². The molecule has 0 bridgehead atoms. The Labute approximate surface area is 115 Å². The second kappa shape index (κ2) is 4.27. The van der Waals surface area contributed by atoms with Gasteiger partial charge in [0.05, 0.1) is 0 Å². The molecule has 0 saturated heterocycles. The van der Waals surface area contributed by atoms with Crippen LogP contribution < -0.4 is 5.73 Å². The van der Waals surface area contributed by atoms with E-state index in [1.54, 1.807) is 16.7 Å². The lowest BCUT2D eigenvalue weighted by atomic mass is 10.1. The molecule has 2 aromatic heterocycles. The first-order chi connectivity index (χ1) is 9.06. The van der Waals surface area contributed by atoms with Crippen LogP contribution >= 0.6 is 15.9 Å². The molecule has 3 rings (SSSR count). The van der Waals surface area contributed by atoms with Crippen molar-refractivity contribution >= 4 is 27.3 Å². The summed E-state index contributed by atoms with van der Waals surface area (Å²) < 4.78 is 28.9. The molecule has 4 nitrogen and oxygen atoms in total. The van der Waals surface area contributed by atoms with Gasteiger partial charge >= 0.3 is 0 Å². The van der Waals surface area contributed by atoms with Crippen LogP contribution in [0.15, 0.2) is 34.9 Å². The Kier molecular flexibility index (Phi) is 2.70. The Morgan fingerprint density at radius 3 is 2.63 bits per heavy atom. The van der Waals surface area contributed by atoms with Crippen molar-refractivity contribution in [1.82, 2.24) is 14.6 Å². The van der Waals surface area contributed by atoms with Gasteiger partial charge in [-0.25, -0.2) is 8.78 Å². The number of nitrogens with two attached hydrogens (primary N) is 1. The summed E-state index contributed by atoms with van der Waals surface area (Å²) in [5.74, 6) is -1.61. The maximum atomic E-state index is 13.3. The van der Waals surface area contributed by atoms with E-state index in [0.29, 0.717) is 17.0 Å². The van der Waals surface area contributed by atoms with E-state index in [-0.39, 0.29) is 5.69 Å². The summed E-state index contributed by atoms with van der Waals surface area (Å²) in [6, 6.07) is 5.50. The van der Waals surface area contributed by atoms with E-state index in [1.807, 2.05) is 6.07 Å². The zero-order valence-electron chi connectivity index (χ0n) is 9.44. The largest absolute Gasteiger partial charge is 0.398 e. The van der Waals surface area contributed by atoms with Crippen LogP contribution in [0.5, 0.6) is 0 Å². The molecule has 96 valence electrons. The first kappa shape index (κ1) is 12.0. The molecule has 19 heavy (non-hydrogen) atoms. The number of rotatable bonds is 1. The molecule has 0 aliphatic carbocycles. The highest BCUT2D eigenvalue weighted by Gasteiger charge is 2.14. The van der Waals surface area contributed by atoms with Crippen LogP contribution in [-0.4, -0.2) is 14.6 Å². The molecule has 3 aromatic rings. The molecule has 0 saturated carbocycles. The molecule has 0 aliphatic rings. The Hall–Kier alpha value is -2.02. The molecule has 0 aliphatic heterocycles. The second-order valence-corrected chi connectivity index (χ2v) is 4.87. The molecule has 0 fully saturated rings. The minimum atomic E-state index is -0.990. The number of hydrogen-bond donors (Lipinski definition) is 1. The summed E-state index contributed by atoms with van der Waals surface area (Å²) in [6.45, 7) is 0. The van der Waals surface area contributed by atoms with Gasteiger partial charge in [-0.1, -0.05) is 0 Å². The summed E-state index contributed by atoms with van der Waals surface area (Å²) in [7, 11) is 0. The van der Waals surface area contributed by atoms with Gasteiger partial charge in [0.2, 0.25) is 0 Å². The molecule has 0 radical (unpaired) electrons. The normalized spacial score (nSPS) is 11.1. The molecule has 0 atom stereocenters. The molecule has 1 aromatic carbocycles. The fourth-order valence-corrected chi connectivity index (χ4v) is 2.14. The number of nitrogens with zero attached hydrogens (tertiary/aromatic N) is 3. The summed E-state index contributed by atoms with van der Waals surface area (Å²) in [5, 5.41) is 7.91. The fourth-order valence-electron chi connectivity index (χ4n) is 1.80. The Balaban J connectivity index is 2.30. The first-order valence-corrected chi connectivity index (χ1v) is 6.11. The molecule has 0 unspecified atom stereocenters. The Bertz CT molecular complexity index is 785. The fraction of sp³-hybridized carbons (Fsp3) is 0. The predicted octanol–water partition coefficient (Wildman–Crippen LogP) is 3.02. The van der Waals surface area contributed by atoms with Gasteiger partial charge in [-0.05, 0) is 34.1 Å². The van der Waals surface area contributed by atoms with E-state index in [9.17, 15) is 8.78 Å². The average molecular weight is 325 g/mol. The van der Waals surface area contributed by atoms with Crippen molar-refractivity contribution in [1.29, 1.82) is 0 Å². The van der Waals surface area contributed by atoms with E-state index in [4.69, 9.17) is 5.73 Å². The monoisotopic (exact) mass is 324 g/mol. The van der Waals surface area contributed by atoms with E-state index >= 15 is 0 Å². The van der Waals surface area contributed by atoms with E-state index < -0.39 is 11.6 Å². The lowest BCUT2D eigenvalue weighted by Crippen LogP contribution is -1.98. The zero-order valence-corrected chi connectivity index (χ0v) is 11.0. The van der Waals surface area contributed by atoms with Gasteiger partial charge in [0.1, 0.15) is 0 Å². The number of aromatic nitrogens is 3. The number of fused-ring (bicyclic) bond motifs is 1. The number of benzene rings is 1. The first-order valence-electron chi connectivity index (χ1n) is 5.31. The minimum absolute atomic E-state index is 0.105. The molecule has 0 spiro atoms. The zero-order chi connectivity index (χ0) is 13.6. The Morgan fingerprint density at radius 2 is 1.84 bits per heavy atom. The van der Waals surface area contributed by atoms with Crippen LogP contribution in [0.4, 0.5) is 14.5 Å². The maximum absolute atomic E-state index is 13.3. The molecular weight excluding hydrogens is 318 g/mol. The summed E-state index contributed by atoms with van der Waals surface area (Å²) in [6.07, 6.45) is 1.73. The summed E-state index contributed by atoms with van der Waals surface area (Å²) in [5.41, 5.74) is 6.70. The van der Waals surface area contributed by atoms with Gasteiger partial charge < -0.3 is 5.73 Å². The Morgan fingerprint density at radius 1 is 1.11 bits per heavy atom. The van der Waals surface area contributed by atoms with Gasteiger partial charge in [-0.2, -0.15) is 0 Å². The summed E-state index contributed by atoms with van der Waals surface area (Å²) in [4.78, 5) is 0. The van der Waals surface area contributed by atoms with Crippen molar-refractivity contribution < 1.29 is 8.78 Å². The SMILES string of the molecule is Nc1cc(F)c(F)cc1-c1nnc2ccc(Br)cn12. The van der Waals surface area contributed by atoms with Crippen LogP contribution in [0.25, 0.3) is 17.0 Å². The van der Waals surface area contributed by atoms with E-state index in [1.165, 1.54) is 0 Å². The summed E-state index contributed by atoms with van der Waals surface area (Å²) >= 11 is 3.33. The maximum Gasteiger partial charge on any atom is 0.170 e. The van der Waals surface area contributed by atoms with Gasteiger partial charge in [0, 0.05) is 28.0 Å². The van der Waals surface area contributed by atoms with Crippen LogP contribution in [0.3, 0.4) is 0 Å². The van der Waals surface area contributed by atoms with Gasteiger partial charge in [0.15, 0.2) is 23.1 Å². The lowest BCUT2D eigenvalue weighted by Gasteiger charge is -2.05. The highest BCUT2D eigenvalue weighted by atomic mass is 79.9. The standard InChI is InChI=1S/C12H7BrF2N4/c13-6-1-2-11-17-18-12(19(11)5-6)7-3-8(14)9(15)4-10(7)16/h1-5H,16H2. The topological polar surface area (TPSA) is 56.2 Å². The van der Waals surface area contributed by atoms with Crippen LogP contribution in [-0.2, 0) is 0 Å². The second-order valence-electron chi connectivity index (χ2n) is 3.95. The number of hydrogen-bond acceptors (Lipinski definition) is 3. The van der Waals surface area contributed by atoms with E-state index in [0.717, 1.165) is 16.6 Å². The molecule has 7 heteroatoms. The van der Waals surface area contributed by atoms with Crippen molar-refractivity contribution in [3.8, 4) is 11.4 Å². The highest BCUT2D eigenvalue weighted by Crippen LogP contribution is 2.27. The number of halogens is 3. The predicted molar refractivity (Wildman–Crippen MR) is 70.5 cm³/mol. The average Bonchev–Trinajstić information content (AvgIpc) is 2.76.